The molecular weight excluding hydrogens is 214 g/mol. The highest BCUT2D eigenvalue weighted by Gasteiger charge is 2.30. The smallest absolute Gasteiger partial charge is 0.117 e. The van der Waals surface area contributed by atoms with Crippen molar-refractivity contribution in [1.82, 2.24) is 4.90 Å². The lowest BCUT2D eigenvalue weighted by molar-refractivity contribution is 0.115. The van der Waals surface area contributed by atoms with Gasteiger partial charge < -0.3 is 9.52 Å². The summed E-state index contributed by atoms with van der Waals surface area (Å²) in [6.45, 7) is 1.40. The molecule has 4 heteroatoms. The van der Waals surface area contributed by atoms with E-state index in [2.05, 4.69) is 4.90 Å². The second-order valence-electron chi connectivity index (χ2n) is 4.05. The first kappa shape index (κ1) is 11.0. The van der Waals surface area contributed by atoms with Crippen LogP contribution in [0.2, 0.25) is 0 Å². The third kappa shape index (κ3) is 3.23. The van der Waals surface area contributed by atoms with Crippen molar-refractivity contribution in [2.24, 2.45) is 0 Å². The zero-order valence-corrected chi connectivity index (χ0v) is 9.36. The molecule has 2 rings (SSSR count). The molecule has 15 heavy (non-hydrogen) atoms. The molecule has 1 aromatic heterocycles. The number of alkyl halides is 1. The van der Waals surface area contributed by atoms with Gasteiger partial charge in [0.1, 0.15) is 5.76 Å². The molecule has 1 heterocycles. The molecule has 0 aliphatic heterocycles. The normalized spacial score (nSPS) is 18.3. The summed E-state index contributed by atoms with van der Waals surface area (Å²) in [5.74, 6) is 1.24. The monoisotopic (exact) mass is 229 g/mol. The molecule has 0 aromatic carbocycles. The van der Waals surface area contributed by atoms with E-state index in [9.17, 15) is 5.11 Å². The van der Waals surface area contributed by atoms with E-state index in [0.717, 1.165) is 12.3 Å². The van der Waals surface area contributed by atoms with Crippen molar-refractivity contribution in [3.8, 4) is 0 Å². The molecule has 0 saturated heterocycles. The first-order valence-electron chi connectivity index (χ1n) is 5.30. The molecule has 1 aliphatic rings. The van der Waals surface area contributed by atoms with E-state index in [4.69, 9.17) is 16.0 Å². The number of hydrogen-bond donors (Lipinski definition) is 1. The third-order valence-corrected chi connectivity index (χ3v) is 2.98. The van der Waals surface area contributed by atoms with Crippen molar-refractivity contribution in [2.45, 2.75) is 31.5 Å². The minimum absolute atomic E-state index is 0.293. The lowest BCUT2D eigenvalue weighted by Gasteiger charge is -2.22. The van der Waals surface area contributed by atoms with E-state index in [1.165, 1.54) is 12.8 Å². The zero-order valence-electron chi connectivity index (χ0n) is 8.60. The van der Waals surface area contributed by atoms with Crippen molar-refractivity contribution in [3.63, 3.8) is 0 Å². The maximum atomic E-state index is 9.53. The molecule has 0 bridgehead atoms. The number of nitrogens with zero attached hydrogens (tertiary/aromatic N) is 1. The van der Waals surface area contributed by atoms with Gasteiger partial charge in [-0.3, -0.25) is 4.90 Å². The Balaban J connectivity index is 1.88. The highest BCUT2D eigenvalue weighted by Crippen LogP contribution is 2.28. The summed E-state index contributed by atoms with van der Waals surface area (Å²) in [5.41, 5.74) is 0. The average molecular weight is 230 g/mol. The molecule has 1 atom stereocenters. The summed E-state index contributed by atoms with van der Waals surface area (Å²) in [6.07, 6.45) is 3.67. The van der Waals surface area contributed by atoms with Gasteiger partial charge in [-0.1, -0.05) is 0 Å². The minimum Gasteiger partial charge on any atom is -0.468 e. The van der Waals surface area contributed by atoms with Crippen LogP contribution in [-0.4, -0.2) is 34.6 Å². The average Bonchev–Trinajstić information content (AvgIpc) is 2.97. The standard InChI is InChI=1S/C11H16ClNO2/c12-6-10(14)7-13(9-3-4-9)8-11-2-1-5-15-11/h1-2,5,9-10,14H,3-4,6-8H2. The number of rotatable bonds is 6. The molecule has 0 amide bonds. The Labute approximate surface area is 94.6 Å². The van der Waals surface area contributed by atoms with E-state index in [1.807, 2.05) is 12.1 Å². The van der Waals surface area contributed by atoms with Crippen LogP contribution in [0.15, 0.2) is 22.8 Å². The van der Waals surface area contributed by atoms with Gasteiger partial charge in [-0.25, -0.2) is 0 Å². The minimum atomic E-state index is -0.442. The Morgan fingerprint density at radius 1 is 1.60 bits per heavy atom. The van der Waals surface area contributed by atoms with Crippen LogP contribution < -0.4 is 0 Å². The van der Waals surface area contributed by atoms with Gasteiger partial charge >= 0.3 is 0 Å². The van der Waals surface area contributed by atoms with Gasteiger partial charge in [-0.05, 0) is 25.0 Å². The van der Waals surface area contributed by atoms with Crippen molar-refractivity contribution in [1.29, 1.82) is 0 Å². The maximum Gasteiger partial charge on any atom is 0.117 e. The lowest BCUT2D eigenvalue weighted by Crippen LogP contribution is -2.34. The Morgan fingerprint density at radius 2 is 2.40 bits per heavy atom. The predicted octanol–water partition coefficient (Wildman–Crippen LogP) is 1.84. The van der Waals surface area contributed by atoms with Crippen molar-refractivity contribution >= 4 is 11.6 Å². The van der Waals surface area contributed by atoms with Crippen LogP contribution in [-0.2, 0) is 6.54 Å². The summed E-state index contributed by atoms with van der Waals surface area (Å²) in [5, 5.41) is 9.53. The largest absolute Gasteiger partial charge is 0.468 e. The molecule has 1 aliphatic carbocycles. The number of aliphatic hydroxyl groups is 1. The first-order valence-corrected chi connectivity index (χ1v) is 5.83. The van der Waals surface area contributed by atoms with Gasteiger partial charge in [0.15, 0.2) is 0 Å². The molecule has 84 valence electrons. The summed E-state index contributed by atoms with van der Waals surface area (Å²) in [4.78, 5) is 2.24. The fraction of sp³-hybridized carbons (Fsp3) is 0.636. The number of aliphatic hydroxyl groups excluding tert-OH is 1. The molecule has 1 fully saturated rings. The topological polar surface area (TPSA) is 36.6 Å². The molecule has 0 radical (unpaired) electrons. The van der Waals surface area contributed by atoms with Crippen molar-refractivity contribution < 1.29 is 9.52 Å². The van der Waals surface area contributed by atoms with Gasteiger partial charge in [-0.2, -0.15) is 0 Å². The number of hydrogen-bond acceptors (Lipinski definition) is 3. The molecule has 1 unspecified atom stereocenters. The van der Waals surface area contributed by atoms with E-state index in [1.54, 1.807) is 6.26 Å². The van der Waals surface area contributed by atoms with Gasteiger partial charge in [0.2, 0.25) is 0 Å². The van der Waals surface area contributed by atoms with Gasteiger partial charge in [0, 0.05) is 18.5 Å². The third-order valence-electron chi connectivity index (χ3n) is 2.63. The van der Waals surface area contributed by atoms with Crippen molar-refractivity contribution in [2.75, 3.05) is 12.4 Å². The van der Waals surface area contributed by atoms with E-state index in [0.29, 0.717) is 18.5 Å². The fourth-order valence-electron chi connectivity index (χ4n) is 1.70. The quantitative estimate of drug-likeness (QED) is 0.757. The van der Waals surface area contributed by atoms with Crippen LogP contribution in [0.4, 0.5) is 0 Å². The molecule has 3 nitrogen and oxygen atoms in total. The molecule has 0 spiro atoms. The summed E-state index contributed by atoms with van der Waals surface area (Å²) < 4.78 is 5.30. The zero-order chi connectivity index (χ0) is 10.7. The second-order valence-corrected chi connectivity index (χ2v) is 4.36. The van der Waals surface area contributed by atoms with Gasteiger partial charge in [0.05, 0.1) is 18.9 Å². The molecule has 1 saturated carbocycles. The number of halogens is 1. The van der Waals surface area contributed by atoms with Gasteiger partial charge in [-0.15, -0.1) is 11.6 Å². The molecular formula is C11H16ClNO2. The van der Waals surface area contributed by atoms with Crippen LogP contribution in [0, 0.1) is 0 Å². The van der Waals surface area contributed by atoms with Crippen molar-refractivity contribution in [3.05, 3.63) is 24.2 Å². The van der Waals surface area contributed by atoms with Crippen LogP contribution in [0.3, 0.4) is 0 Å². The van der Waals surface area contributed by atoms with Gasteiger partial charge in [0.25, 0.3) is 0 Å². The van der Waals surface area contributed by atoms with Crippen LogP contribution in [0.1, 0.15) is 18.6 Å². The highest BCUT2D eigenvalue weighted by molar-refractivity contribution is 6.18. The van der Waals surface area contributed by atoms with E-state index >= 15 is 0 Å². The van der Waals surface area contributed by atoms with Crippen LogP contribution in [0.5, 0.6) is 0 Å². The Morgan fingerprint density at radius 3 is 2.93 bits per heavy atom. The fourth-order valence-corrected chi connectivity index (χ4v) is 1.80. The van der Waals surface area contributed by atoms with Crippen LogP contribution in [0.25, 0.3) is 0 Å². The first-order chi connectivity index (χ1) is 7.29. The lowest BCUT2D eigenvalue weighted by atomic mass is 10.3. The highest BCUT2D eigenvalue weighted by atomic mass is 35.5. The van der Waals surface area contributed by atoms with E-state index in [-0.39, 0.29) is 0 Å². The summed E-state index contributed by atoms with van der Waals surface area (Å²) in [6, 6.07) is 4.45. The Kier molecular flexibility index (Phi) is 3.67. The molecule has 1 N–H and O–H groups in total. The SMILES string of the molecule is OC(CCl)CN(Cc1ccco1)C1CC1. The summed E-state index contributed by atoms with van der Waals surface area (Å²) in [7, 11) is 0. The summed E-state index contributed by atoms with van der Waals surface area (Å²) >= 11 is 5.60. The number of furan rings is 1. The maximum absolute atomic E-state index is 9.53. The Bertz CT molecular complexity index is 285. The van der Waals surface area contributed by atoms with Crippen LogP contribution >= 0.6 is 11.6 Å². The Hall–Kier alpha value is -0.510. The second kappa shape index (κ2) is 5.01. The predicted molar refractivity (Wildman–Crippen MR) is 58.9 cm³/mol. The van der Waals surface area contributed by atoms with E-state index < -0.39 is 6.10 Å². The molecule has 1 aromatic rings.